The van der Waals surface area contributed by atoms with Crippen LogP contribution in [0, 0.1) is 0 Å². The van der Waals surface area contributed by atoms with Crippen molar-refractivity contribution in [2.45, 2.75) is 20.0 Å². The molecule has 0 fully saturated rings. The highest BCUT2D eigenvalue weighted by atomic mass is 16.5. The third-order valence-corrected chi connectivity index (χ3v) is 4.21. The number of imidazole rings is 1. The molecular weight excluding hydrogens is 356 g/mol. The third-order valence-electron chi connectivity index (χ3n) is 4.21. The van der Waals surface area contributed by atoms with Crippen molar-refractivity contribution in [1.82, 2.24) is 20.2 Å². The molecule has 3 rings (SSSR count). The normalized spacial score (nSPS) is 10.4. The number of ether oxygens (including phenoxy) is 1. The van der Waals surface area contributed by atoms with Crippen LogP contribution < -0.4 is 15.4 Å². The first-order chi connectivity index (χ1) is 13.6. The van der Waals surface area contributed by atoms with Gasteiger partial charge >= 0.3 is 0 Å². The second kappa shape index (κ2) is 8.85. The van der Waals surface area contributed by atoms with Gasteiger partial charge in [-0.05, 0) is 18.2 Å². The van der Waals surface area contributed by atoms with Gasteiger partial charge in [0.05, 0.1) is 36.9 Å². The molecule has 144 valence electrons. The van der Waals surface area contributed by atoms with Crippen LogP contribution in [0.5, 0.6) is 5.75 Å². The highest BCUT2D eigenvalue weighted by molar-refractivity contribution is 5.97. The second-order valence-electron chi connectivity index (χ2n) is 6.19. The summed E-state index contributed by atoms with van der Waals surface area (Å²) in [6, 6.07) is 14.8. The van der Waals surface area contributed by atoms with Gasteiger partial charge in [0.1, 0.15) is 5.75 Å². The first kappa shape index (κ1) is 19.2. The molecule has 0 aliphatic rings. The lowest BCUT2D eigenvalue weighted by atomic mass is 10.1. The zero-order chi connectivity index (χ0) is 19.9. The van der Waals surface area contributed by atoms with Crippen LogP contribution in [0.4, 0.5) is 0 Å². The Balaban J connectivity index is 1.76. The standard InChI is InChI=1S/C21H22N4O3/c1-15(26)22-12-17-13-25(14-24-17)19-9-5-4-8-18(19)21(27)23-11-16-7-3-6-10-20(16)28-2/h3-10,13-14H,11-12H2,1-2H3,(H,22,26)(H,23,27). The van der Waals surface area contributed by atoms with Crippen LogP contribution in [-0.2, 0) is 17.9 Å². The summed E-state index contributed by atoms with van der Waals surface area (Å²) in [7, 11) is 1.60. The topological polar surface area (TPSA) is 85.2 Å². The molecule has 0 spiro atoms. The molecule has 1 aromatic heterocycles. The van der Waals surface area contributed by atoms with Crippen LogP contribution in [0.3, 0.4) is 0 Å². The van der Waals surface area contributed by atoms with Gasteiger partial charge in [0, 0.05) is 25.2 Å². The quantitative estimate of drug-likeness (QED) is 0.661. The molecule has 7 nitrogen and oxygen atoms in total. The maximum Gasteiger partial charge on any atom is 0.253 e. The maximum atomic E-state index is 12.8. The van der Waals surface area contributed by atoms with Gasteiger partial charge in [-0.3, -0.25) is 9.59 Å². The van der Waals surface area contributed by atoms with E-state index in [4.69, 9.17) is 4.74 Å². The summed E-state index contributed by atoms with van der Waals surface area (Å²) in [6.45, 7) is 2.15. The smallest absolute Gasteiger partial charge is 0.253 e. The molecule has 0 bridgehead atoms. The summed E-state index contributed by atoms with van der Waals surface area (Å²) in [6.07, 6.45) is 3.42. The molecule has 28 heavy (non-hydrogen) atoms. The predicted molar refractivity (Wildman–Crippen MR) is 105 cm³/mol. The van der Waals surface area contributed by atoms with Crippen LogP contribution in [0.25, 0.3) is 5.69 Å². The number of nitrogens with one attached hydrogen (secondary N) is 2. The molecule has 0 unspecified atom stereocenters. The Hall–Kier alpha value is -3.61. The number of carbonyl (C=O) groups is 2. The van der Waals surface area contributed by atoms with Gasteiger partial charge < -0.3 is 19.9 Å². The highest BCUT2D eigenvalue weighted by Crippen LogP contribution is 2.18. The number of para-hydroxylation sites is 2. The summed E-state index contributed by atoms with van der Waals surface area (Å²) >= 11 is 0. The van der Waals surface area contributed by atoms with Crippen molar-refractivity contribution in [2.24, 2.45) is 0 Å². The average molecular weight is 378 g/mol. The van der Waals surface area contributed by atoms with Gasteiger partial charge in [-0.1, -0.05) is 30.3 Å². The summed E-state index contributed by atoms with van der Waals surface area (Å²) in [5, 5.41) is 5.64. The van der Waals surface area contributed by atoms with E-state index in [9.17, 15) is 9.59 Å². The van der Waals surface area contributed by atoms with Crippen molar-refractivity contribution in [3.8, 4) is 11.4 Å². The van der Waals surface area contributed by atoms with Crippen LogP contribution in [0.1, 0.15) is 28.5 Å². The molecule has 0 saturated carbocycles. The fourth-order valence-electron chi connectivity index (χ4n) is 2.81. The average Bonchev–Trinajstić information content (AvgIpc) is 3.19. The lowest BCUT2D eigenvalue weighted by molar-refractivity contribution is -0.119. The fourth-order valence-corrected chi connectivity index (χ4v) is 2.81. The van der Waals surface area contributed by atoms with Gasteiger partial charge in [0.25, 0.3) is 5.91 Å². The number of benzene rings is 2. The molecule has 7 heteroatoms. The van der Waals surface area contributed by atoms with Crippen molar-refractivity contribution in [3.05, 3.63) is 77.9 Å². The van der Waals surface area contributed by atoms with E-state index in [1.807, 2.05) is 42.5 Å². The largest absolute Gasteiger partial charge is 0.496 e. The Labute approximate surface area is 163 Å². The van der Waals surface area contributed by atoms with Crippen molar-refractivity contribution < 1.29 is 14.3 Å². The molecule has 1 heterocycles. The maximum absolute atomic E-state index is 12.8. The zero-order valence-corrected chi connectivity index (χ0v) is 15.8. The zero-order valence-electron chi connectivity index (χ0n) is 15.8. The highest BCUT2D eigenvalue weighted by Gasteiger charge is 2.13. The van der Waals surface area contributed by atoms with E-state index in [1.165, 1.54) is 6.92 Å². The molecule has 0 aliphatic carbocycles. The minimum absolute atomic E-state index is 0.120. The molecular formula is C21H22N4O3. The molecule has 0 atom stereocenters. The monoisotopic (exact) mass is 378 g/mol. The number of carbonyl (C=O) groups excluding carboxylic acids is 2. The molecule has 2 aromatic carbocycles. The molecule has 0 saturated heterocycles. The van der Waals surface area contributed by atoms with E-state index in [2.05, 4.69) is 15.6 Å². The third kappa shape index (κ3) is 4.56. The minimum atomic E-state index is -0.196. The van der Waals surface area contributed by atoms with Crippen molar-refractivity contribution >= 4 is 11.8 Å². The Morgan fingerprint density at radius 3 is 2.57 bits per heavy atom. The summed E-state index contributed by atoms with van der Waals surface area (Å²) < 4.78 is 7.10. The van der Waals surface area contributed by atoms with Crippen LogP contribution in [0.15, 0.2) is 61.1 Å². The molecule has 0 aliphatic heterocycles. The van der Waals surface area contributed by atoms with Crippen molar-refractivity contribution in [1.29, 1.82) is 0 Å². The van der Waals surface area contributed by atoms with Gasteiger partial charge in [-0.2, -0.15) is 0 Å². The van der Waals surface area contributed by atoms with E-state index in [-0.39, 0.29) is 11.8 Å². The Morgan fingerprint density at radius 2 is 1.79 bits per heavy atom. The molecule has 3 aromatic rings. The van der Waals surface area contributed by atoms with Crippen LogP contribution in [-0.4, -0.2) is 28.5 Å². The number of methoxy groups -OCH3 is 1. The molecule has 0 radical (unpaired) electrons. The number of hydrogen-bond donors (Lipinski definition) is 2. The summed E-state index contributed by atoms with van der Waals surface area (Å²) in [4.78, 5) is 28.1. The SMILES string of the molecule is COc1ccccc1CNC(=O)c1ccccc1-n1cnc(CNC(C)=O)c1. The number of amides is 2. The van der Waals surface area contributed by atoms with Gasteiger partial charge in [0.15, 0.2) is 0 Å². The van der Waals surface area contributed by atoms with Gasteiger partial charge in [-0.15, -0.1) is 0 Å². The van der Waals surface area contributed by atoms with Crippen LogP contribution >= 0.6 is 0 Å². The lowest BCUT2D eigenvalue weighted by Gasteiger charge is -2.12. The Morgan fingerprint density at radius 1 is 1.04 bits per heavy atom. The number of hydrogen-bond acceptors (Lipinski definition) is 4. The lowest BCUT2D eigenvalue weighted by Crippen LogP contribution is -2.24. The Kier molecular flexibility index (Phi) is 6.06. The fraction of sp³-hybridized carbons (Fsp3) is 0.190. The van der Waals surface area contributed by atoms with E-state index in [0.717, 1.165) is 11.3 Å². The van der Waals surface area contributed by atoms with E-state index < -0.39 is 0 Å². The first-order valence-corrected chi connectivity index (χ1v) is 8.85. The van der Waals surface area contributed by atoms with Gasteiger partial charge in [-0.25, -0.2) is 4.98 Å². The molecule has 2 amide bonds. The van der Waals surface area contributed by atoms with Gasteiger partial charge in [0.2, 0.25) is 5.91 Å². The first-order valence-electron chi connectivity index (χ1n) is 8.85. The second-order valence-corrected chi connectivity index (χ2v) is 6.19. The number of rotatable bonds is 7. The predicted octanol–water partition coefficient (Wildman–Crippen LogP) is 2.45. The van der Waals surface area contributed by atoms with E-state index >= 15 is 0 Å². The number of nitrogens with zero attached hydrogens (tertiary/aromatic N) is 2. The van der Waals surface area contributed by atoms with E-state index in [0.29, 0.717) is 30.0 Å². The minimum Gasteiger partial charge on any atom is -0.496 e. The van der Waals surface area contributed by atoms with Crippen LogP contribution in [0.2, 0.25) is 0 Å². The summed E-state index contributed by atoms with van der Waals surface area (Å²) in [5.74, 6) is 0.414. The van der Waals surface area contributed by atoms with Crippen molar-refractivity contribution in [2.75, 3.05) is 7.11 Å². The van der Waals surface area contributed by atoms with Crippen molar-refractivity contribution in [3.63, 3.8) is 0 Å². The Bertz CT molecular complexity index is 981. The number of aromatic nitrogens is 2. The summed E-state index contributed by atoms with van der Waals surface area (Å²) in [5.41, 5.74) is 2.85. The van der Waals surface area contributed by atoms with E-state index in [1.54, 1.807) is 30.3 Å². The molecule has 2 N–H and O–H groups in total.